The zero-order valence-electron chi connectivity index (χ0n) is 7.85. The summed E-state index contributed by atoms with van der Waals surface area (Å²) in [4.78, 5) is 19.2. The van der Waals surface area contributed by atoms with Gasteiger partial charge in [-0.2, -0.15) is 0 Å². The zero-order chi connectivity index (χ0) is 11.7. The highest BCUT2D eigenvalue weighted by Gasteiger charge is 2.11. The fourth-order valence-electron chi connectivity index (χ4n) is 1.15. The van der Waals surface area contributed by atoms with Crippen LogP contribution < -0.4 is 5.73 Å². The highest BCUT2D eigenvalue weighted by molar-refractivity contribution is 9.10. The predicted octanol–water partition coefficient (Wildman–Crippen LogP) is 2.25. The van der Waals surface area contributed by atoms with Crippen molar-refractivity contribution in [3.05, 3.63) is 27.7 Å². The Kier molecular flexibility index (Phi) is 2.88. The SMILES string of the molecule is Nc1nc(C(=O)O)cc(-c2cc(Br)cs2)n1. The summed E-state index contributed by atoms with van der Waals surface area (Å²) in [5.41, 5.74) is 5.86. The lowest BCUT2D eigenvalue weighted by Gasteiger charge is -2.00. The largest absolute Gasteiger partial charge is 0.477 e. The van der Waals surface area contributed by atoms with Crippen molar-refractivity contribution in [2.24, 2.45) is 0 Å². The van der Waals surface area contributed by atoms with Crippen LogP contribution in [0.1, 0.15) is 10.5 Å². The summed E-state index contributed by atoms with van der Waals surface area (Å²) in [6.07, 6.45) is 0. The molecule has 5 nitrogen and oxygen atoms in total. The van der Waals surface area contributed by atoms with Crippen LogP contribution in [0.3, 0.4) is 0 Å². The second-order valence-corrected chi connectivity index (χ2v) is 4.76. The predicted molar refractivity (Wildman–Crippen MR) is 64.4 cm³/mol. The molecule has 0 spiro atoms. The number of rotatable bonds is 2. The van der Waals surface area contributed by atoms with Gasteiger partial charge in [-0.25, -0.2) is 14.8 Å². The van der Waals surface area contributed by atoms with Crippen LogP contribution in [0.25, 0.3) is 10.6 Å². The van der Waals surface area contributed by atoms with Crippen molar-refractivity contribution in [1.29, 1.82) is 0 Å². The van der Waals surface area contributed by atoms with Crippen LogP contribution in [0.2, 0.25) is 0 Å². The van der Waals surface area contributed by atoms with Gasteiger partial charge in [-0.15, -0.1) is 11.3 Å². The summed E-state index contributed by atoms with van der Waals surface area (Å²) in [6.45, 7) is 0. The monoisotopic (exact) mass is 299 g/mol. The molecule has 0 saturated heterocycles. The smallest absolute Gasteiger partial charge is 0.354 e. The number of aromatic carboxylic acids is 1. The first kappa shape index (κ1) is 11.0. The number of carboxylic acid groups (broad SMARTS) is 1. The van der Waals surface area contributed by atoms with Crippen LogP contribution in [-0.2, 0) is 0 Å². The van der Waals surface area contributed by atoms with E-state index in [9.17, 15) is 4.79 Å². The van der Waals surface area contributed by atoms with E-state index < -0.39 is 5.97 Å². The van der Waals surface area contributed by atoms with Crippen molar-refractivity contribution >= 4 is 39.2 Å². The second-order valence-electron chi connectivity index (χ2n) is 2.93. The van der Waals surface area contributed by atoms with Crippen LogP contribution in [0.15, 0.2) is 22.0 Å². The average Bonchev–Trinajstić information content (AvgIpc) is 2.64. The molecule has 0 aromatic carbocycles. The third kappa shape index (κ3) is 2.20. The topological polar surface area (TPSA) is 89.1 Å². The number of halogens is 1. The molecule has 0 saturated carbocycles. The highest BCUT2D eigenvalue weighted by atomic mass is 79.9. The lowest BCUT2D eigenvalue weighted by Crippen LogP contribution is -2.05. The maximum absolute atomic E-state index is 10.8. The van der Waals surface area contributed by atoms with Crippen molar-refractivity contribution in [2.75, 3.05) is 5.73 Å². The number of nitrogens with zero attached hydrogens (tertiary/aromatic N) is 2. The number of hydrogen-bond donors (Lipinski definition) is 2. The number of thiophene rings is 1. The summed E-state index contributed by atoms with van der Waals surface area (Å²) in [5.74, 6) is -1.16. The van der Waals surface area contributed by atoms with Gasteiger partial charge in [0.05, 0.1) is 10.6 Å². The Bertz CT molecular complexity index is 555. The van der Waals surface area contributed by atoms with Crippen molar-refractivity contribution in [3.8, 4) is 10.6 Å². The fourth-order valence-corrected chi connectivity index (χ4v) is 2.54. The molecule has 2 aromatic rings. The number of carbonyl (C=O) groups is 1. The number of anilines is 1. The summed E-state index contributed by atoms with van der Waals surface area (Å²) < 4.78 is 0.918. The van der Waals surface area contributed by atoms with E-state index in [4.69, 9.17) is 10.8 Å². The Hall–Kier alpha value is -1.47. The van der Waals surface area contributed by atoms with E-state index in [1.54, 1.807) is 0 Å². The molecule has 7 heteroatoms. The first-order valence-electron chi connectivity index (χ1n) is 4.18. The number of carboxylic acids is 1. The number of hydrogen-bond acceptors (Lipinski definition) is 5. The van der Waals surface area contributed by atoms with E-state index in [0.29, 0.717) is 5.69 Å². The summed E-state index contributed by atoms with van der Waals surface area (Å²) in [6, 6.07) is 3.25. The van der Waals surface area contributed by atoms with Crippen LogP contribution >= 0.6 is 27.3 Å². The minimum Gasteiger partial charge on any atom is -0.477 e. The van der Waals surface area contributed by atoms with Crippen molar-refractivity contribution in [1.82, 2.24) is 9.97 Å². The Balaban J connectivity index is 2.53. The molecular weight excluding hydrogens is 294 g/mol. The van der Waals surface area contributed by atoms with E-state index in [-0.39, 0.29) is 11.6 Å². The van der Waals surface area contributed by atoms with Gasteiger partial charge in [0.15, 0.2) is 5.69 Å². The molecule has 0 bridgehead atoms. The average molecular weight is 300 g/mol. The molecule has 2 rings (SSSR count). The fraction of sp³-hybridized carbons (Fsp3) is 0. The zero-order valence-corrected chi connectivity index (χ0v) is 10.2. The van der Waals surface area contributed by atoms with Gasteiger partial charge < -0.3 is 10.8 Å². The van der Waals surface area contributed by atoms with Crippen molar-refractivity contribution < 1.29 is 9.90 Å². The molecular formula is C9H6BrN3O2S. The Morgan fingerprint density at radius 2 is 2.19 bits per heavy atom. The molecule has 16 heavy (non-hydrogen) atoms. The van der Waals surface area contributed by atoms with Crippen LogP contribution in [0.5, 0.6) is 0 Å². The van der Waals surface area contributed by atoms with E-state index in [2.05, 4.69) is 25.9 Å². The number of nitrogen functional groups attached to an aromatic ring is 1. The van der Waals surface area contributed by atoms with E-state index >= 15 is 0 Å². The molecule has 0 fully saturated rings. The van der Waals surface area contributed by atoms with Gasteiger partial charge >= 0.3 is 5.97 Å². The first-order valence-corrected chi connectivity index (χ1v) is 5.86. The van der Waals surface area contributed by atoms with E-state index in [0.717, 1.165) is 9.35 Å². The minimum atomic E-state index is -1.12. The van der Waals surface area contributed by atoms with Gasteiger partial charge in [0, 0.05) is 9.85 Å². The lowest BCUT2D eigenvalue weighted by atomic mass is 10.3. The summed E-state index contributed by atoms with van der Waals surface area (Å²) in [5, 5.41) is 10.7. The van der Waals surface area contributed by atoms with Crippen molar-refractivity contribution in [2.45, 2.75) is 0 Å². The van der Waals surface area contributed by atoms with Gasteiger partial charge in [0.25, 0.3) is 0 Å². The maximum Gasteiger partial charge on any atom is 0.354 e. The quantitative estimate of drug-likeness (QED) is 0.888. The van der Waals surface area contributed by atoms with Crippen LogP contribution in [-0.4, -0.2) is 21.0 Å². The second kappa shape index (κ2) is 4.18. The van der Waals surface area contributed by atoms with Gasteiger partial charge in [-0.05, 0) is 28.1 Å². The third-order valence-electron chi connectivity index (χ3n) is 1.78. The molecule has 0 aliphatic carbocycles. The summed E-state index contributed by atoms with van der Waals surface area (Å²) in [7, 11) is 0. The van der Waals surface area contributed by atoms with Gasteiger partial charge in [0.2, 0.25) is 5.95 Å². The highest BCUT2D eigenvalue weighted by Crippen LogP contribution is 2.29. The van der Waals surface area contributed by atoms with Crippen LogP contribution in [0.4, 0.5) is 5.95 Å². The standard InChI is InChI=1S/C9H6BrN3O2S/c10-4-1-7(16-3-4)5-2-6(8(14)15)13-9(11)12-5/h1-3H,(H,14,15)(H2,11,12,13). The molecule has 0 amide bonds. The molecule has 3 N–H and O–H groups in total. The Labute approximate surface area is 103 Å². The molecule has 2 heterocycles. The number of nitrogens with two attached hydrogens (primary N) is 1. The summed E-state index contributed by atoms with van der Waals surface area (Å²) >= 11 is 4.76. The van der Waals surface area contributed by atoms with Gasteiger partial charge in [-0.3, -0.25) is 0 Å². The van der Waals surface area contributed by atoms with Gasteiger partial charge in [0.1, 0.15) is 0 Å². The maximum atomic E-state index is 10.8. The van der Waals surface area contributed by atoms with E-state index in [1.165, 1.54) is 17.4 Å². The molecule has 0 unspecified atom stereocenters. The molecule has 0 aliphatic heterocycles. The molecule has 2 aromatic heterocycles. The minimum absolute atomic E-state index is 0.0422. The molecule has 82 valence electrons. The first-order chi connectivity index (χ1) is 7.56. The number of aromatic nitrogens is 2. The lowest BCUT2D eigenvalue weighted by molar-refractivity contribution is 0.0690. The Morgan fingerprint density at radius 3 is 2.75 bits per heavy atom. The normalized spacial score (nSPS) is 10.3. The van der Waals surface area contributed by atoms with Crippen molar-refractivity contribution in [3.63, 3.8) is 0 Å². The molecule has 0 atom stereocenters. The van der Waals surface area contributed by atoms with E-state index in [1.807, 2.05) is 11.4 Å². The molecule has 0 aliphatic rings. The van der Waals surface area contributed by atoms with Gasteiger partial charge in [-0.1, -0.05) is 0 Å². The molecule has 0 radical (unpaired) electrons. The third-order valence-corrected chi connectivity index (χ3v) is 3.50. The van der Waals surface area contributed by atoms with Crippen LogP contribution in [0, 0.1) is 0 Å². The Morgan fingerprint density at radius 1 is 1.44 bits per heavy atom.